The number of aromatic nitrogens is 1. The summed E-state index contributed by atoms with van der Waals surface area (Å²) < 4.78 is 18.9. The lowest BCUT2D eigenvalue weighted by molar-refractivity contribution is 0.163. The maximum Gasteiger partial charge on any atom is 0.208 e. The topological polar surface area (TPSA) is 32.5 Å². The first-order chi connectivity index (χ1) is 11.0. The van der Waals surface area contributed by atoms with Crippen LogP contribution < -0.4 is 0 Å². The van der Waals surface area contributed by atoms with Crippen molar-refractivity contribution in [3.05, 3.63) is 53.0 Å². The highest BCUT2D eigenvalue weighted by atomic mass is 19.1. The van der Waals surface area contributed by atoms with Gasteiger partial charge in [0.05, 0.1) is 12.2 Å². The van der Waals surface area contributed by atoms with Crippen LogP contribution >= 0.6 is 0 Å². The minimum Gasteiger partial charge on any atom is -0.444 e. The van der Waals surface area contributed by atoms with Crippen molar-refractivity contribution in [2.45, 2.75) is 39.4 Å². The van der Waals surface area contributed by atoms with E-state index in [2.05, 4.69) is 21.8 Å². The molecule has 0 N–H and O–H groups in total. The van der Waals surface area contributed by atoms with Crippen molar-refractivity contribution < 1.29 is 8.81 Å². The minimum atomic E-state index is -0.195. The number of likely N-dealkylation sites (N-methyl/N-ethyl adjacent to an activating group) is 1. The average Bonchev–Trinajstić information content (AvgIpc) is 3.07. The summed E-state index contributed by atoms with van der Waals surface area (Å²) in [7, 11) is 2.15. The average molecular weight is 317 g/mol. The summed E-state index contributed by atoms with van der Waals surface area (Å²) in [5, 5.41) is 0. The Morgan fingerprint density at radius 2 is 2.00 bits per heavy atom. The summed E-state index contributed by atoms with van der Waals surface area (Å²) in [4.78, 5) is 9.25. The van der Waals surface area contributed by atoms with Gasteiger partial charge in [0.1, 0.15) is 11.6 Å². The predicted molar refractivity (Wildman–Crippen MR) is 87.5 cm³/mol. The standard InChI is InChI=1S/C18H24FN3O/c1-13-14(2)23-18(20-13)12-22(17-8-9-21(3)11-17)10-15-4-6-16(19)7-5-15/h4-7,17H,8-12H2,1-3H3. The van der Waals surface area contributed by atoms with E-state index in [0.717, 1.165) is 49.0 Å². The van der Waals surface area contributed by atoms with Gasteiger partial charge < -0.3 is 9.32 Å². The van der Waals surface area contributed by atoms with Gasteiger partial charge in [-0.1, -0.05) is 12.1 Å². The van der Waals surface area contributed by atoms with Gasteiger partial charge >= 0.3 is 0 Å². The predicted octanol–water partition coefficient (Wildman–Crippen LogP) is 3.14. The number of nitrogens with zero attached hydrogens (tertiary/aromatic N) is 3. The zero-order chi connectivity index (χ0) is 16.4. The van der Waals surface area contributed by atoms with Crippen molar-refractivity contribution in [1.29, 1.82) is 0 Å². The summed E-state index contributed by atoms with van der Waals surface area (Å²) >= 11 is 0. The van der Waals surface area contributed by atoms with Crippen LogP contribution in [0.5, 0.6) is 0 Å². The molecule has 1 aromatic heterocycles. The molecule has 0 bridgehead atoms. The third-order valence-electron chi connectivity index (χ3n) is 4.59. The summed E-state index contributed by atoms with van der Waals surface area (Å²) in [6.45, 7) is 7.52. The summed E-state index contributed by atoms with van der Waals surface area (Å²) in [5.74, 6) is 1.45. The van der Waals surface area contributed by atoms with Crippen molar-refractivity contribution >= 4 is 0 Å². The van der Waals surface area contributed by atoms with Crippen LogP contribution in [0.1, 0.15) is 29.3 Å². The van der Waals surface area contributed by atoms with Crippen molar-refractivity contribution in [3.8, 4) is 0 Å². The van der Waals surface area contributed by atoms with Crippen LogP contribution in [0.15, 0.2) is 28.7 Å². The molecule has 1 saturated heterocycles. The van der Waals surface area contributed by atoms with Gasteiger partial charge in [-0.15, -0.1) is 0 Å². The molecule has 3 rings (SSSR count). The Morgan fingerprint density at radius 3 is 2.57 bits per heavy atom. The first kappa shape index (κ1) is 16.1. The molecule has 2 aromatic rings. The molecule has 1 atom stereocenters. The molecular formula is C18H24FN3O. The second-order valence-electron chi connectivity index (χ2n) is 6.49. The first-order valence-corrected chi connectivity index (χ1v) is 8.11. The molecule has 2 heterocycles. The van der Waals surface area contributed by atoms with Crippen LogP contribution in [0, 0.1) is 19.7 Å². The van der Waals surface area contributed by atoms with Crippen LogP contribution in [-0.4, -0.2) is 41.0 Å². The Bertz CT molecular complexity index is 633. The summed E-state index contributed by atoms with van der Waals surface area (Å²) in [5.41, 5.74) is 2.06. The molecule has 0 radical (unpaired) electrons. The van der Waals surface area contributed by atoms with Gasteiger partial charge in [-0.3, -0.25) is 4.90 Å². The number of rotatable bonds is 5. The van der Waals surface area contributed by atoms with Crippen molar-refractivity contribution in [2.75, 3.05) is 20.1 Å². The van der Waals surface area contributed by atoms with E-state index in [0.29, 0.717) is 12.6 Å². The monoisotopic (exact) mass is 317 g/mol. The van der Waals surface area contributed by atoms with E-state index in [1.807, 2.05) is 26.0 Å². The highest BCUT2D eigenvalue weighted by Gasteiger charge is 2.27. The second-order valence-corrected chi connectivity index (χ2v) is 6.49. The number of benzene rings is 1. The third-order valence-corrected chi connectivity index (χ3v) is 4.59. The quantitative estimate of drug-likeness (QED) is 0.848. The van der Waals surface area contributed by atoms with Crippen LogP contribution in [0.4, 0.5) is 4.39 Å². The number of hydrogen-bond donors (Lipinski definition) is 0. The molecule has 1 fully saturated rings. The van der Waals surface area contributed by atoms with Crippen LogP contribution in [0.2, 0.25) is 0 Å². The molecule has 1 aliphatic rings. The van der Waals surface area contributed by atoms with Crippen LogP contribution in [0.3, 0.4) is 0 Å². The lowest BCUT2D eigenvalue weighted by atomic mass is 10.1. The van der Waals surface area contributed by atoms with Crippen LogP contribution in [-0.2, 0) is 13.1 Å². The van der Waals surface area contributed by atoms with Gasteiger partial charge in [0.25, 0.3) is 0 Å². The van der Waals surface area contributed by atoms with Gasteiger partial charge in [-0.2, -0.15) is 0 Å². The zero-order valence-corrected chi connectivity index (χ0v) is 14.1. The van der Waals surface area contributed by atoms with Gasteiger partial charge in [0, 0.05) is 19.1 Å². The molecule has 1 unspecified atom stereocenters. The molecule has 0 spiro atoms. The van der Waals surface area contributed by atoms with E-state index < -0.39 is 0 Å². The first-order valence-electron chi connectivity index (χ1n) is 8.11. The maximum atomic E-state index is 13.1. The molecule has 1 aliphatic heterocycles. The SMILES string of the molecule is Cc1nc(CN(Cc2ccc(F)cc2)C2CCN(C)C2)oc1C. The third kappa shape index (κ3) is 3.98. The van der Waals surface area contributed by atoms with Crippen LogP contribution in [0.25, 0.3) is 0 Å². The number of aryl methyl sites for hydroxylation is 2. The molecule has 124 valence electrons. The molecule has 0 amide bonds. The van der Waals surface area contributed by atoms with Crippen molar-refractivity contribution in [1.82, 2.24) is 14.8 Å². The number of oxazole rings is 1. The highest BCUT2D eigenvalue weighted by molar-refractivity contribution is 5.16. The molecule has 0 saturated carbocycles. The highest BCUT2D eigenvalue weighted by Crippen LogP contribution is 2.21. The Hall–Kier alpha value is -1.72. The molecule has 0 aliphatic carbocycles. The van der Waals surface area contributed by atoms with E-state index in [9.17, 15) is 4.39 Å². The fourth-order valence-electron chi connectivity index (χ4n) is 3.13. The maximum absolute atomic E-state index is 13.1. The Balaban J connectivity index is 1.76. The molecule has 1 aromatic carbocycles. The molecule has 5 heteroatoms. The van der Waals surface area contributed by atoms with Gasteiger partial charge in [0.2, 0.25) is 5.89 Å². The van der Waals surface area contributed by atoms with E-state index in [1.54, 1.807) is 0 Å². The number of likely N-dealkylation sites (tertiary alicyclic amines) is 1. The number of halogens is 1. The fourth-order valence-corrected chi connectivity index (χ4v) is 3.13. The summed E-state index contributed by atoms with van der Waals surface area (Å²) in [6, 6.07) is 7.22. The van der Waals surface area contributed by atoms with E-state index in [1.165, 1.54) is 12.1 Å². The largest absolute Gasteiger partial charge is 0.444 e. The Kier molecular flexibility index (Phi) is 4.78. The lowest BCUT2D eigenvalue weighted by Gasteiger charge is -2.27. The fraction of sp³-hybridized carbons (Fsp3) is 0.500. The Labute approximate surface area is 136 Å². The lowest BCUT2D eigenvalue weighted by Crippen LogP contribution is -2.36. The minimum absolute atomic E-state index is 0.195. The smallest absolute Gasteiger partial charge is 0.208 e. The van der Waals surface area contributed by atoms with Gasteiger partial charge in [-0.05, 0) is 51.6 Å². The summed E-state index contributed by atoms with van der Waals surface area (Å²) in [6.07, 6.45) is 1.14. The van der Waals surface area contributed by atoms with E-state index in [-0.39, 0.29) is 5.82 Å². The zero-order valence-electron chi connectivity index (χ0n) is 14.1. The molecular weight excluding hydrogens is 293 g/mol. The van der Waals surface area contributed by atoms with E-state index in [4.69, 9.17) is 4.42 Å². The normalized spacial score (nSPS) is 18.9. The number of hydrogen-bond acceptors (Lipinski definition) is 4. The Morgan fingerprint density at radius 1 is 1.26 bits per heavy atom. The molecule has 23 heavy (non-hydrogen) atoms. The van der Waals surface area contributed by atoms with Gasteiger partial charge in [-0.25, -0.2) is 9.37 Å². The van der Waals surface area contributed by atoms with Crippen molar-refractivity contribution in [2.24, 2.45) is 0 Å². The molecule has 4 nitrogen and oxygen atoms in total. The van der Waals surface area contributed by atoms with E-state index >= 15 is 0 Å². The van der Waals surface area contributed by atoms with Crippen molar-refractivity contribution in [3.63, 3.8) is 0 Å². The second kappa shape index (κ2) is 6.81. The van der Waals surface area contributed by atoms with Gasteiger partial charge in [0.15, 0.2) is 0 Å².